The molecule has 0 amide bonds. The van der Waals surface area contributed by atoms with Crippen LogP contribution in [-0.2, 0) is 0 Å². The van der Waals surface area contributed by atoms with E-state index >= 15 is 0 Å². The van der Waals surface area contributed by atoms with Gasteiger partial charge >= 0.3 is 0 Å². The van der Waals surface area contributed by atoms with Crippen LogP contribution in [0.3, 0.4) is 0 Å². The highest BCUT2D eigenvalue weighted by Crippen LogP contribution is 2.41. The maximum Gasteiger partial charge on any atom is 0.194 e. The quantitative estimate of drug-likeness (QED) is 0.805. The summed E-state index contributed by atoms with van der Waals surface area (Å²) in [4.78, 5) is 4.27. The molecule has 19 heavy (non-hydrogen) atoms. The molecule has 0 spiro atoms. The summed E-state index contributed by atoms with van der Waals surface area (Å²) in [5.41, 5.74) is 0.491. The van der Waals surface area contributed by atoms with Crippen LogP contribution in [0.2, 0.25) is 0 Å². The predicted molar refractivity (Wildman–Crippen MR) is 65.5 cm³/mol. The van der Waals surface area contributed by atoms with Crippen LogP contribution in [0.15, 0.2) is 17.1 Å². The Hall–Kier alpha value is -1.72. The van der Waals surface area contributed by atoms with Crippen LogP contribution in [0.5, 0.6) is 0 Å². The molecule has 0 radical (unpaired) electrons. The Balaban J connectivity index is 1.67. The van der Waals surface area contributed by atoms with Gasteiger partial charge in [0.2, 0.25) is 0 Å². The highest BCUT2D eigenvalue weighted by molar-refractivity contribution is 5.81. The van der Waals surface area contributed by atoms with E-state index in [1.54, 1.807) is 0 Å². The summed E-state index contributed by atoms with van der Waals surface area (Å²) in [6, 6.07) is 2.25. The Kier molecular flexibility index (Phi) is 3.08. The lowest BCUT2D eigenvalue weighted by Gasteiger charge is -2.16. The van der Waals surface area contributed by atoms with E-state index in [0.717, 1.165) is 44.0 Å². The van der Waals surface area contributed by atoms with E-state index in [4.69, 9.17) is 0 Å². The zero-order valence-electron chi connectivity index (χ0n) is 10.2. The van der Waals surface area contributed by atoms with Crippen molar-refractivity contribution in [3.05, 3.63) is 35.1 Å². The number of nitrogens with one attached hydrogen (secondary N) is 2. The zero-order valence-corrected chi connectivity index (χ0v) is 10.2. The minimum Gasteiger partial charge on any atom is -0.356 e. The zero-order chi connectivity index (χ0) is 13.4. The molecule has 6 heteroatoms. The molecule has 1 aromatic carbocycles. The summed E-state index contributed by atoms with van der Waals surface area (Å²) in [5.74, 6) is -2.92. The molecular weight excluding hydrogens is 255 g/mol. The molecule has 2 aliphatic rings. The molecule has 102 valence electrons. The standard InChI is InChI=1S/C13H14F3N3/c14-9-4-7(5-10(15)12(9)16)8-6-11(8)19-13-17-2-1-3-18-13/h4-5,8,11H,1-3,6H2,(H2,17,18,19)/t8-,11+/m0/s1. The van der Waals surface area contributed by atoms with E-state index in [1.165, 1.54) is 0 Å². The first-order valence-corrected chi connectivity index (χ1v) is 6.34. The van der Waals surface area contributed by atoms with Crippen molar-refractivity contribution in [1.82, 2.24) is 10.6 Å². The monoisotopic (exact) mass is 269 g/mol. The third-order valence-electron chi connectivity index (χ3n) is 3.44. The first-order chi connectivity index (χ1) is 9.15. The van der Waals surface area contributed by atoms with Crippen LogP contribution in [0.1, 0.15) is 24.3 Å². The van der Waals surface area contributed by atoms with Gasteiger partial charge in [0.15, 0.2) is 23.4 Å². The Bertz CT molecular complexity index is 507. The number of benzene rings is 1. The Labute approximate surface area is 108 Å². The van der Waals surface area contributed by atoms with Gasteiger partial charge in [-0.25, -0.2) is 13.2 Å². The van der Waals surface area contributed by atoms with Gasteiger partial charge in [-0.2, -0.15) is 0 Å². The van der Waals surface area contributed by atoms with Crippen molar-refractivity contribution in [2.24, 2.45) is 4.99 Å². The van der Waals surface area contributed by atoms with Crippen LogP contribution in [-0.4, -0.2) is 25.1 Å². The Morgan fingerprint density at radius 2 is 1.95 bits per heavy atom. The van der Waals surface area contributed by atoms with Gasteiger partial charge in [-0.05, 0) is 30.5 Å². The third-order valence-corrected chi connectivity index (χ3v) is 3.44. The van der Waals surface area contributed by atoms with Gasteiger partial charge in [0, 0.05) is 25.0 Å². The van der Waals surface area contributed by atoms with Gasteiger partial charge in [-0.3, -0.25) is 4.99 Å². The Morgan fingerprint density at radius 3 is 2.58 bits per heavy atom. The fourth-order valence-corrected chi connectivity index (χ4v) is 2.32. The van der Waals surface area contributed by atoms with Crippen molar-refractivity contribution in [1.29, 1.82) is 0 Å². The molecule has 1 aromatic rings. The van der Waals surface area contributed by atoms with Gasteiger partial charge < -0.3 is 10.6 Å². The van der Waals surface area contributed by atoms with Crippen molar-refractivity contribution in [2.45, 2.75) is 24.8 Å². The fraction of sp³-hybridized carbons (Fsp3) is 0.462. The molecule has 2 atom stereocenters. The minimum absolute atomic E-state index is 0.0102. The summed E-state index contributed by atoms with van der Waals surface area (Å²) in [6.45, 7) is 1.66. The van der Waals surface area contributed by atoms with Gasteiger partial charge in [0.05, 0.1) is 0 Å². The molecule has 1 aliphatic heterocycles. The number of nitrogens with zero attached hydrogens (tertiary/aromatic N) is 1. The van der Waals surface area contributed by atoms with Crippen molar-refractivity contribution in [2.75, 3.05) is 13.1 Å². The van der Waals surface area contributed by atoms with Gasteiger partial charge in [0.25, 0.3) is 0 Å². The van der Waals surface area contributed by atoms with E-state index in [1.807, 2.05) is 0 Å². The SMILES string of the molecule is Fc1cc([C@@H]2C[C@H]2NC2=NCCCN2)cc(F)c1F. The Morgan fingerprint density at radius 1 is 1.21 bits per heavy atom. The second kappa shape index (κ2) is 4.75. The van der Waals surface area contributed by atoms with E-state index < -0.39 is 17.5 Å². The second-order valence-electron chi connectivity index (χ2n) is 4.90. The molecule has 1 heterocycles. The number of halogens is 3. The largest absolute Gasteiger partial charge is 0.356 e. The maximum absolute atomic E-state index is 13.1. The number of aliphatic imine (C=N–C) groups is 1. The summed E-state index contributed by atoms with van der Waals surface area (Å²) in [6.07, 6.45) is 1.78. The van der Waals surface area contributed by atoms with Gasteiger partial charge in [-0.1, -0.05) is 0 Å². The van der Waals surface area contributed by atoms with Crippen LogP contribution < -0.4 is 10.6 Å². The fourth-order valence-electron chi connectivity index (χ4n) is 2.32. The van der Waals surface area contributed by atoms with Gasteiger partial charge in [0.1, 0.15) is 0 Å². The van der Waals surface area contributed by atoms with Crippen LogP contribution in [0.25, 0.3) is 0 Å². The predicted octanol–water partition coefficient (Wildman–Crippen LogP) is 1.90. The summed E-state index contributed by atoms with van der Waals surface area (Å²) >= 11 is 0. The highest BCUT2D eigenvalue weighted by Gasteiger charge is 2.40. The number of hydrogen-bond donors (Lipinski definition) is 2. The van der Waals surface area contributed by atoms with E-state index in [0.29, 0.717) is 5.56 Å². The number of hydrogen-bond acceptors (Lipinski definition) is 3. The van der Waals surface area contributed by atoms with Crippen molar-refractivity contribution in [3.63, 3.8) is 0 Å². The summed E-state index contributed by atoms with van der Waals surface area (Å²) in [5, 5.41) is 6.32. The normalized spacial score (nSPS) is 25.5. The lowest BCUT2D eigenvalue weighted by molar-refractivity contribution is 0.445. The highest BCUT2D eigenvalue weighted by atomic mass is 19.2. The molecule has 3 rings (SSSR count). The molecule has 0 bridgehead atoms. The number of rotatable bonds is 2. The van der Waals surface area contributed by atoms with Crippen molar-refractivity contribution in [3.8, 4) is 0 Å². The summed E-state index contributed by atoms with van der Waals surface area (Å²) in [7, 11) is 0. The lowest BCUT2D eigenvalue weighted by Crippen LogP contribution is -2.42. The average Bonchev–Trinajstić information content (AvgIpc) is 3.16. The molecule has 0 saturated heterocycles. The maximum atomic E-state index is 13.1. The third kappa shape index (κ3) is 2.52. The molecule has 1 aliphatic carbocycles. The number of guanidine groups is 1. The van der Waals surface area contributed by atoms with Crippen molar-refractivity contribution < 1.29 is 13.2 Å². The molecular formula is C13H14F3N3. The van der Waals surface area contributed by atoms with E-state index in [9.17, 15) is 13.2 Å². The van der Waals surface area contributed by atoms with Gasteiger partial charge in [-0.15, -0.1) is 0 Å². The molecule has 0 unspecified atom stereocenters. The molecule has 3 nitrogen and oxygen atoms in total. The van der Waals surface area contributed by atoms with Crippen LogP contribution in [0.4, 0.5) is 13.2 Å². The van der Waals surface area contributed by atoms with E-state index in [-0.39, 0.29) is 12.0 Å². The first-order valence-electron chi connectivity index (χ1n) is 6.34. The molecule has 1 saturated carbocycles. The summed E-state index contributed by atoms with van der Waals surface area (Å²) < 4.78 is 39.2. The minimum atomic E-state index is -1.41. The van der Waals surface area contributed by atoms with Crippen LogP contribution >= 0.6 is 0 Å². The van der Waals surface area contributed by atoms with E-state index in [2.05, 4.69) is 15.6 Å². The lowest BCUT2D eigenvalue weighted by atomic mass is 10.1. The first kappa shape index (κ1) is 12.3. The van der Waals surface area contributed by atoms with Crippen molar-refractivity contribution >= 4 is 5.96 Å². The second-order valence-corrected chi connectivity index (χ2v) is 4.90. The molecule has 1 fully saturated rings. The van der Waals surface area contributed by atoms with Crippen LogP contribution in [0, 0.1) is 17.5 Å². The topological polar surface area (TPSA) is 36.4 Å². The average molecular weight is 269 g/mol. The molecule has 2 N–H and O–H groups in total. The smallest absolute Gasteiger partial charge is 0.194 e. The molecule has 0 aromatic heterocycles.